The van der Waals surface area contributed by atoms with Crippen LogP contribution in [0, 0.1) is 0 Å². The van der Waals surface area contributed by atoms with E-state index in [9.17, 15) is 0 Å². The molecule has 9 nitrogen and oxygen atoms in total. The third-order valence-electron chi connectivity index (χ3n) is 3.52. The molecule has 0 fully saturated rings. The van der Waals surface area contributed by atoms with Crippen LogP contribution >= 0.6 is 0 Å². The summed E-state index contributed by atoms with van der Waals surface area (Å²) < 4.78 is 13.9. The Bertz CT molecular complexity index is 826. The van der Waals surface area contributed by atoms with E-state index in [1.165, 1.54) is 0 Å². The van der Waals surface area contributed by atoms with Crippen LogP contribution in [0.4, 0.5) is 0 Å². The number of hydrogen-bond acceptors (Lipinski definition) is 6. The summed E-state index contributed by atoms with van der Waals surface area (Å²) in [6.07, 6.45) is 3.71. The fourth-order valence-electron chi connectivity index (χ4n) is 2.28. The lowest BCUT2D eigenvalue weighted by Crippen LogP contribution is -2.00. The van der Waals surface area contributed by atoms with E-state index in [0.29, 0.717) is 19.0 Å². The van der Waals surface area contributed by atoms with E-state index < -0.39 is 0 Å². The Morgan fingerprint density at radius 1 is 1.23 bits per heavy atom. The molecule has 0 amide bonds. The number of rotatable bonds is 6. The van der Waals surface area contributed by atoms with Crippen LogP contribution in [0.25, 0.3) is 11.4 Å². The van der Waals surface area contributed by atoms with Crippen molar-refractivity contribution in [3.05, 3.63) is 48.0 Å². The molecule has 3 aromatic rings. The first-order chi connectivity index (χ1) is 12.6. The Hall–Kier alpha value is -3.20. The van der Waals surface area contributed by atoms with E-state index in [-0.39, 0.29) is 6.47 Å². The highest BCUT2D eigenvalue weighted by atomic mass is 16.5. The summed E-state index contributed by atoms with van der Waals surface area (Å²) in [6, 6.07) is 7.93. The van der Waals surface area contributed by atoms with Crippen LogP contribution in [0.3, 0.4) is 0 Å². The molecular weight excluding hydrogens is 338 g/mol. The average molecular weight is 359 g/mol. The maximum absolute atomic E-state index is 8.36. The molecule has 0 atom stereocenters. The van der Waals surface area contributed by atoms with Crippen molar-refractivity contribution >= 4 is 6.47 Å². The van der Waals surface area contributed by atoms with Crippen molar-refractivity contribution in [2.45, 2.75) is 13.2 Å². The Kier molecular flexibility index (Phi) is 6.86. The van der Waals surface area contributed by atoms with Gasteiger partial charge < -0.3 is 14.6 Å². The molecule has 0 saturated heterocycles. The molecule has 1 N–H and O–H groups in total. The predicted octanol–water partition coefficient (Wildman–Crippen LogP) is 1.58. The van der Waals surface area contributed by atoms with Crippen LogP contribution in [0.5, 0.6) is 5.75 Å². The number of carbonyl (C=O) groups is 1. The van der Waals surface area contributed by atoms with Crippen LogP contribution in [0.2, 0.25) is 0 Å². The second-order valence-corrected chi connectivity index (χ2v) is 5.29. The molecule has 0 aliphatic carbocycles. The zero-order valence-corrected chi connectivity index (χ0v) is 14.9. The standard InChI is InChI=1S/C16H19N5O2.CH2O2/c1-20-15(11-22-2)18-16(19-20)13-8-17-21(10-13)9-12-4-6-14(23-3)7-5-12;2-1-3/h4-8,10H,9,11H2,1-3H3;1H,(H,2,3). The maximum Gasteiger partial charge on any atom is 0.290 e. The van der Waals surface area contributed by atoms with E-state index in [4.69, 9.17) is 19.4 Å². The summed E-state index contributed by atoms with van der Waals surface area (Å²) in [6.45, 7) is 0.866. The Balaban J connectivity index is 0.000000758. The van der Waals surface area contributed by atoms with Crippen molar-refractivity contribution in [2.24, 2.45) is 7.05 Å². The lowest BCUT2D eigenvalue weighted by molar-refractivity contribution is -0.122. The number of aryl methyl sites for hydroxylation is 1. The third kappa shape index (κ3) is 4.90. The van der Waals surface area contributed by atoms with Gasteiger partial charge in [-0.3, -0.25) is 14.2 Å². The highest BCUT2D eigenvalue weighted by Gasteiger charge is 2.11. The lowest BCUT2D eigenvalue weighted by atomic mass is 10.2. The van der Waals surface area contributed by atoms with Crippen molar-refractivity contribution in [2.75, 3.05) is 14.2 Å². The molecule has 0 radical (unpaired) electrons. The van der Waals surface area contributed by atoms with E-state index in [1.807, 2.05) is 42.2 Å². The minimum Gasteiger partial charge on any atom is -0.497 e. The summed E-state index contributed by atoms with van der Waals surface area (Å²) in [5.74, 6) is 2.28. The molecule has 0 aliphatic heterocycles. The van der Waals surface area contributed by atoms with Crippen molar-refractivity contribution in [3.8, 4) is 17.1 Å². The van der Waals surface area contributed by atoms with E-state index >= 15 is 0 Å². The smallest absolute Gasteiger partial charge is 0.290 e. The molecule has 0 saturated carbocycles. The van der Waals surface area contributed by atoms with Gasteiger partial charge >= 0.3 is 0 Å². The maximum atomic E-state index is 8.36. The molecule has 1 aromatic carbocycles. The van der Waals surface area contributed by atoms with Crippen LogP contribution in [0.15, 0.2) is 36.7 Å². The van der Waals surface area contributed by atoms with Gasteiger partial charge in [0.15, 0.2) is 11.6 Å². The minimum absolute atomic E-state index is 0.250. The monoisotopic (exact) mass is 359 g/mol. The first-order valence-corrected chi connectivity index (χ1v) is 7.73. The molecule has 2 heterocycles. The van der Waals surface area contributed by atoms with Gasteiger partial charge in [0.2, 0.25) is 0 Å². The van der Waals surface area contributed by atoms with Gasteiger partial charge in [0.05, 0.1) is 25.4 Å². The average Bonchev–Trinajstić information content (AvgIpc) is 3.24. The summed E-state index contributed by atoms with van der Waals surface area (Å²) >= 11 is 0. The van der Waals surface area contributed by atoms with Gasteiger partial charge in [0.1, 0.15) is 12.4 Å². The summed E-state index contributed by atoms with van der Waals surface area (Å²) in [7, 11) is 5.15. The van der Waals surface area contributed by atoms with E-state index in [1.54, 1.807) is 25.1 Å². The summed E-state index contributed by atoms with van der Waals surface area (Å²) in [5.41, 5.74) is 2.03. The number of nitrogens with zero attached hydrogens (tertiary/aromatic N) is 5. The number of carboxylic acid groups (broad SMARTS) is 1. The molecule has 0 spiro atoms. The lowest BCUT2D eigenvalue weighted by Gasteiger charge is -2.03. The molecule has 0 unspecified atom stereocenters. The van der Waals surface area contributed by atoms with Gasteiger partial charge in [-0.15, -0.1) is 0 Å². The molecule has 2 aromatic heterocycles. The normalized spacial score (nSPS) is 10.1. The molecule has 0 aliphatic rings. The molecule has 0 bridgehead atoms. The number of hydrogen-bond donors (Lipinski definition) is 1. The Labute approximate surface area is 150 Å². The summed E-state index contributed by atoms with van der Waals surface area (Å²) in [5, 5.41) is 15.7. The zero-order chi connectivity index (χ0) is 18.9. The van der Waals surface area contributed by atoms with E-state index in [0.717, 1.165) is 22.7 Å². The number of methoxy groups -OCH3 is 2. The van der Waals surface area contributed by atoms with Gasteiger partial charge in [0, 0.05) is 20.4 Å². The molecule has 26 heavy (non-hydrogen) atoms. The molecule has 3 rings (SSSR count). The number of ether oxygens (including phenoxy) is 2. The predicted molar refractivity (Wildman–Crippen MR) is 93.7 cm³/mol. The zero-order valence-electron chi connectivity index (χ0n) is 14.9. The minimum atomic E-state index is -0.250. The Morgan fingerprint density at radius 3 is 2.54 bits per heavy atom. The molecule has 9 heteroatoms. The SMILES string of the molecule is COCc1nc(-c2cnn(Cc3ccc(OC)cc3)c2)nn1C.O=CO. The molecular formula is C17H21N5O4. The van der Waals surface area contributed by atoms with Crippen LogP contribution < -0.4 is 4.74 Å². The highest BCUT2D eigenvalue weighted by molar-refractivity contribution is 5.51. The van der Waals surface area contributed by atoms with Gasteiger partial charge in [0.25, 0.3) is 6.47 Å². The fraction of sp³-hybridized carbons (Fsp3) is 0.294. The number of aromatic nitrogens is 5. The van der Waals surface area contributed by atoms with Crippen LogP contribution in [-0.2, 0) is 29.7 Å². The molecule has 138 valence electrons. The van der Waals surface area contributed by atoms with Crippen LogP contribution in [0.1, 0.15) is 11.4 Å². The highest BCUT2D eigenvalue weighted by Crippen LogP contribution is 2.16. The van der Waals surface area contributed by atoms with Gasteiger partial charge in [-0.2, -0.15) is 10.2 Å². The largest absolute Gasteiger partial charge is 0.497 e. The van der Waals surface area contributed by atoms with Crippen molar-refractivity contribution in [3.63, 3.8) is 0 Å². The van der Waals surface area contributed by atoms with Gasteiger partial charge in [-0.1, -0.05) is 12.1 Å². The second-order valence-electron chi connectivity index (χ2n) is 5.29. The second kappa shape index (κ2) is 9.33. The van der Waals surface area contributed by atoms with Crippen LogP contribution in [-0.4, -0.2) is 50.3 Å². The summed E-state index contributed by atoms with van der Waals surface area (Å²) in [4.78, 5) is 12.8. The van der Waals surface area contributed by atoms with Crippen molar-refractivity contribution in [1.82, 2.24) is 24.5 Å². The van der Waals surface area contributed by atoms with Gasteiger partial charge in [-0.05, 0) is 17.7 Å². The van der Waals surface area contributed by atoms with Crippen molar-refractivity contribution in [1.29, 1.82) is 0 Å². The van der Waals surface area contributed by atoms with Crippen molar-refractivity contribution < 1.29 is 19.4 Å². The quantitative estimate of drug-likeness (QED) is 0.666. The first kappa shape index (κ1) is 19.1. The van der Waals surface area contributed by atoms with Gasteiger partial charge in [-0.25, -0.2) is 4.98 Å². The first-order valence-electron chi connectivity index (χ1n) is 7.73. The topological polar surface area (TPSA) is 104 Å². The Morgan fingerprint density at radius 2 is 1.92 bits per heavy atom. The fourth-order valence-corrected chi connectivity index (χ4v) is 2.28. The number of benzene rings is 1. The van der Waals surface area contributed by atoms with E-state index in [2.05, 4.69) is 15.2 Å². The third-order valence-corrected chi connectivity index (χ3v) is 3.52.